The van der Waals surface area contributed by atoms with Gasteiger partial charge >= 0.3 is 0 Å². The lowest BCUT2D eigenvalue weighted by atomic mass is 9.97. The minimum atomic E-state index is 0.770. The molecule has 1 atom stereocenters. The van der Waals surface area contributed by atoms with Crippen molar-refractivity contribution in [3.8, 4) is 0 Å². The molecular weight excluding hydrogens is 309 g/mol. The van der Waals surface area contributed by atoms with Crippen molar-refractivity contribution in [3.63, 3.8) is 0 Å². The Bertz CT molecular complexity index is 281. The van der Waals surface area contributed by atoms with E-state index in [2.05, 4.69) is 66.0 Å². The van der Waals surface area contributed by atoms with Crippen LogP contribution in [0.3, 0.4) is 0 Å². The van der Waals surface area contributed by atoms with Crippen molar-refractivity contribution in [3.05, 3.63) is 33.4 Å². The van der Waals surface area contributed by atoms with E-state index >= 15 is 0 Å². The number of rotatable bonds is 7. The van der Waals surface area contributed by atoms with Crippen LogP contribution in [0.15, 0.2) is 24.3 Å². The van der Waals surface area contributed by atoms with Gasteiger partial charge in [0.05, 0.1) is 0 Å². The third-order valence-corrected chi connectivity index (χ3v) is 3.59. The first-order chi connectivity index (χ1) is 7.76. The molecule has 0 aliphatic heterocycles. The number of benzene rings is 1. The number of halogens is 1. The van der Waals surface area contributed by atoms with Crippen molar-refractivity contribution in [2.75, 3.05) is 13.1 Å². The Labute approximate surface area is 113 Å². The zero-order valence-corrected chi connectivity index (χ0v) is 12.5. The quantitative estimate of drug-likeness (QED) is 0.591. The van der Waals surface area contributed by atoms with Crippen LogP contribution in [-0.4, -0.2) is 13.1 Å². The van der Waals surface area contributed by atoms with Crippen LogP contribution in [0.4, 0.5) is 0 Å². The van der Waals surface area contributed by atoms with Gasteiger partial charge in [-0.15, -0.1) is 0 Å². The lowest BCUT2D eigenvalue weighted by Crippen LogP contribution is -2.24. The Hall–Kier alpha value is -0.0900. The fourth-order valence-corrected chi connectivity index (χ4v) is 2.16. The fourth-order valence-electron chi connectivity index (χ4n) is 1.80. The van der Waals surface area contributed by atoms with Crippen LogP contribution in [0.25, 0.3) is 0 Å². The largest absolute Gasteiger partial charge is 0.316 e. The molecule has 0 radical (unpaired) electrons. The molecule has 2 heteroatoms. The Morgan fingerprint density at radius 3 is 2.44 bits per heavy atom. The first-order valence-electron chi connectivity index (χ1n) is 6.21. The summed E-state index contributed by atoms with van der Waals surface area (Å²) >= 11 is 2.35. The molecule has 0 saturated carbocycles. The highest BCUT2D eigenvalue weighted by molar-refractivity contribution is 14.1. The zero-order valence-electron chi connectivity index (χ0n) is 10.3. The van der Waals surface area contributed by atoms with Crippen LogP contribution >= 0.6 is 22.6 Å². The van der Waals surface area contributed by atoms with E-state index in [9.17, 15) is 0 Å². The fraction of sp³-hybridized carbons (Fsp3) is 0.571. The van der Waals surface area contributed by atoms with Gasteiger partial charge in [-0.1, -0.05) is 32.4 Å². The molecule has 0 spiro atoms. The van der Waals surface area contributed by atoms with Gasteiger partial charge in [0.25, 0.3) is 0 Å². The normalized spacial score (nSPS) is 12.7. The molecule has 1 aromatic rings. The monoisotopic (exact) mass is 331 g/mol. The lowest BCUT2D eigenvalue weighted by Gasteiger charge is -2.15. The predicted molar refractivity (Wildman–Crippen MR) is 79.8 cm³/mol. The van der Waals surface area contributed by atoms with E-state index < -0.39 is 0 Å². The Morgan fingerprint density at radius 1 is 1.19 bits per heavy atom. The lowest BCUT2D eigenvalue weighted by molar-refractivity contribution is 0.460. The van der Waals surface area contributed by atoms with E-state index in [0.29, 0.717) is 0 Å². The summed E-state index contributed by atoms with van der Waals surface area (Å²) in [6.07, 6.45) is 3.67. The maximum Gasteiger partial charge on any atom is 0.0130 e. The van der Waals surface area contributed by atoms with E-state index in [1.165, 1.54) is 28.4 Å². The van der Waals surface area contributed by atoms with Crippen molar-refractivity contribution in [1.29, 1.82) is 0 Å². The van der Waals surface area contributed by atoms with E-state index in [4.69, 9.17) is 0 Å². The molecular formula is C14H22IN. The summed E-state index contributed by atoms with van der Waals surface area (Å²) < 4.78 is 1.32. The average Bonchev–Trinajstić information content (AvgIpc) is 2.31. The molecule has 16 heavy (non-hydrogen) atoms. The van der Waals surface area contributed by atoms with Crippen molar-refractivity contribution >= 4 is 22.6 Å². The van der Waals surface area contributed by atoms with Crippen molar-refractivity contribution in [2.45, 2.75) is 33.1 Å². The summed E-state index contributed by atoms with van der Waals surface area (Å²) in [7, 11) is 0. The van der Waals surface area contributed by atoms with Crippen LogP contribution in [0.2, 0.25) is 0 Å². The summed E-state index contributed by atoms with van der Waals surface area (Å²) in [5.74, 6) is 0.770. The highest BCUT2D eigenvalue weighted by atomic mass is 127. The molecule has 0 bridgehead atoms. The van der Waals surface area contributed by atoms with Crippen LogP contribution in [0, 0.1) is 9.49 Å². The van der Waals surface area contributed by atoms with Crippen molar-refractivity contribution < 1.29 is 0 Å². The molecule has 1 rings (SSSR count). The van der Waals surface area contributed by atoms with E-state index in [0.717, 1.165) is 19.0 Å². The number of nitrogens with one attached hydrogen (secondary N) is 1. The van der Waals surface area contributed by atoms with Gasteiger partial charge in [0.1, 0.15) is 0 Å². The minimum absolute atomic E-state index is 0.770. The molecule has 0 heterocycles. The van der Waals surface area contributed by atoms with Gasteiger partial charge in [-0.25, -0.2) is 0 Å². The third-order valence-electron chi connectivity index (χ3n) is 2.87. The van der Waals surface area contributed by atoms with Crippen LogP contribution in [0.5, 0.6) is 0 Å². The highest BCUT2D eigenvalue weighted by Gasteiger charge is 2.06. The third kappa shape index (κ3) is 5.30. The molecule has 1 aromatic carbocycles. The van der Waals surface area contributed by atoms with Crippen LogP contribution < -0.4 is 5.32 Å². The summed E-state index contributed by atoms with van der Waals surface area (Å²) in [6.45, 7) is 6.79. The van der Waals surface area contributed by atoms with Gasteiger partial charge in [-0.05, 0) is 72.1 Å². The summed E-state index contributed by atoms with van der Waals surface area (Å²) in [5, 5.41) is 3.52. The van der Waals surface area contributed by atoms with Gasteiger partial charge in [0.2, 0.25) is 0 Å². The molecule has 1 nitrogen and oxygen atoms in total. The van der Waals surface area contributed by atoms with E-state index in [1.54, 1.807) is 0 Å². The Balaban J connectivity index is 2.40. The standard InChI is InChI=1S/C14H22IN/c1-3-9-16-11-12(4-2)10-13-5-7-14(15)8-6-13/h5-8,12,16H,3-4,9-11H2,1-2H3. The summed E-state index contributed by atoms with van der Waals surface area (Å²) in [5.41, 5.74) is 1.46. The minimum Gasteiger partial charge on any atom is -0.316 e. The Morgan fingerprint density at radius 2 is 1.88 bits per heavy atom. The van der Waals surface area contributed by atoms with Gasteiger partial charge in [-0.2, -0.15) is 0 Å². The maximum absolute atomic E-state index is 3.52. The zero-order chi connectivity index (χ0) is 11.8. The van der Waals surface area contributed by atoms with Crippen LogP contribution in [-0.2, 0) is 6.42 Å². The number of hydrogen-bond acceptors (Lipinski definition) is 1. The van der Waals surface area contributed by atoms with Crippen molar-refractivity contribution in [2.24, 2.45) is 5.92 Å². The Kier molecular flexibility index (Phi) is 7.05. The van der Waals surface area contributed by atoms with Crippen LogP contribution in [0.1, 0.15) is 32.3 Å². The SMILES string of the molecule is CCCNCC(CC)Cc1ccc(I)cc1. The molecule has 0 fully saturated rings. The molecule has 0 aromatic heterocycles. The van der Waals surface area contributed by atoms with Gasteiger partial charge in [0, 0.05) is 3.57 Å². The van der Waals surface area contributed by atoms with Gasteiger partial charge in [0.15, 0.2) is 0 Å². The smallest absolute Gasteiger partial charge is 0.0130 e. The average molecular weight is 331 g/mol. The number of hydrogen-bond donors (Lipinski definition) is 1. The molecule has 1 N–H and O–H groups in total. The molecule has 0 aliphatic carbocycles. The second-order valence-corrected chi connectivity index (χ2v) is 5.55. The molecule has 0 saturated heterocycles. The second kappa shape index (κ2) is 8.07. The van der Waals surface area contributed by atoms with Gasteiger partial charge in [-0.3, -0.25) is 0 Å². The predicted octanol–water partition coefficient (Wildman–Crippen LogP) is 3.86. The first-order valence-corrected chi connectivity index (χ1v) is 7.29. The maximum atomic E-state index is 3.52. The second-order valence-electron chi connectivity index (χ2n) is 4.31. The molecule has 0 amide bonds. The summed E-state index contributed by atoms with van der Waals surface area (Å²) in [4.78, 5) is 0. The highest BCUT2D eigenvalue weighted by Crippen LogP contribution is 2.13. The van der Waals surface area contributed by atoms with E-state index in [1.807, 2.05) is 0 Å². The van der Waals surface area contributed by atoms with Gasteiger partial charge < -0.3 is 5.32 Å². The summed E-state index contributed by atoms with van der Waals surface area (Å²) in [6, 6.07) is 8.90. The van der Waals surface area contributed by atoms with Crippen molar-refractivity contribution in [1.82, 2.24) is 5.32 Å². The molecule has 90 valence electrons. The topological polar surface area (TPSA) is 12.0 Å². The first kappa shape index (κ1) is 14.0. The molecule has 1 unspecified atom stereocenters. The molecule has 0 aliphatic rings. The van der Waals surface area contributed by atoms with E-state index in [-0.39, 0.29) is 0 Å².